The maximum absolute atomic E-state index is 12.1. The average Bonchev–Trinajstić information content (AvgIpc) is 2.86. The third kappa shape index (κ3) is 2.60. The summed E-state index contributed by atoms with van der Waals surface area (Å²) in [7, 11) is -1.72. The van der Waals surface area contributed by atoms with Gasteiger partial charge in [0.05, 0.1) is 18.0 Å². The first-order valence-corrected chi connectivity index (χ1v) is 7.73. The normalized spacial score (nSPS) is 11.9. The smallest absolute Gasteiger partial charge is 0.211 e. The van der Waals surface area contributed by atoms with Crippen LogP contribution in [0.25, 0.3) is 0 Å². The van der Waals surface area contributed by atoms with Gasteiger partial charge in [-0.25, -0.2) is 13.4 Å². The second-order valence-corrected chi connectivity index (χ2v) is 6.94. The predicted molar refractivity (Wildman–Crippen MR) is 66.9 cm³/mol. The van der Waals surface area contributed by atoms with Gasteiger partial charge in [-0.2, -0.15) is 5.10 Å². The van der Waals surface area contributed by atoms with Crippen LogP contribution in [0.1, 0.15) is 17.1 Å². The van der Waals surface area contributed by atoms with E-state index >= 15 is 0 Å². The highest BCUT2D eigenvalue weighted by Crippen LogP contribution is 2.20. The van der Waals surface area contributed by atoms with E-state index in [0.29, 0.717) is 11.4 Å². The molecule has 0 fully saturated rings. The van der Waals surface area contributed by atoms with Crippen LogP contribution in [0.3, 0.4) is 0 Å². The summed E-state index contributed by atoms with van der Waals surface area (Å²) in [6.45, 7) is 1.60. The SMILES string of the molecule is Cc1cc(CS(=O)(=O)c2nc(CO)cs2)nn1C. The molecule has 0 unspecified atom stereocenters. The van der Waals surface area contributed by atoms with Gasteiger partial charge in [0.25, 0.3) is 0 Å². The van der Waals surface area contributed by atoms with E-state index in [1.54, 1.807) is 17.8 Å². The van der Waals surface area contributed by atoms with Crippen molar-refractivity contribution in [2.45, 2.75) is 23.6 Å². The van der Waals surface area contributed by atoms with Gasteiger partial charge in [0.2, 0.25) is 14.2 Å². The van der Waals surface area contributed by atoms with Crippen molar-refractivity contribution in [3.63, 3.8) is 0 Å². The van der Waals surface area contributed by atoms with E-state index in [1.807, 2.05) is 6.92 Å². The Morgan fingerprint density at radius 1 is 1.44 bits per heavy atom. The van der Waals surface area contributed by atoms with Gasteiger partial charge < -0.3 is 5.11 Å². The molecule has 0 saturated heterocycles. The standard InChI is InChI=1S/C10H13N3O3S2/c1-7-3-8(12-13(7)2)6-18(15,16)10-11-9(4-14)5-17-10/h3,5,14H,4,6H2,1-2H3. The Balaban J connectivity index is 2.26. The number of aliphatic hydroxyl groups is 1. The molecule has 2 aromatic rings. The van der Waals surface area contributed by atoms with Crippen LogP contribution < -0.4 is 0 Å². The van der Waals surface area contributed by atoms with Crippen molar-refractivity contribution in [2.24, 2.45) is 7.05 Å². The topological polar surface area (TPSA) is 85.1 Å². The fourth-order valence-electron chi connectivity index (χ4n) is 1.47. The van der Waals surface area contributed by atoms with Gasteiger partial charge in [0.15, 0.2) is 0 Å². The number of hydrogen-bond donors (Lipinski definition) is 1. The van der Waals surface area contributed by atoms with Crippen LogP contribution in [0, 0.1) is 6.92 Å². The number of aliphatic hydroxyl groups excluding tert-OH is 1. The molecule has 1 N–H and O–H groups in total. The molecule has 0 radical (unpaired) electrons. The van der Waals surface area contributed by atoms with Crippen LogP contribution in [-0.4, -0.2) is 28.3 Å². The summed E-state index contributed by atoms with van der Waals surface area (Å²) in [6, 6.07) is 1.73. The third-order valence-corrected chi connectivity index (χ3v) is 5.49. The number of sulfone groups is 1. The maximum Gasteiger partial charge on any atom is 0.211 e. The third-order valence-electron chi connectivity index (χ3n) is 2.46. The molecule has 0 aromatic carbocycles. The number of aryl methyl sites for hydroxylation is 2. The molecule has 0 aliphatic rings. The van der Waals surface area contributed by atoms with Gasteiger partial charge in [-0.05, 0) is 13.0 Å². The molecule has 2 heterocycles. The largest absolute Gasteiger partial charge is 0.390 e. The summed E-state index contributed by atoms with van der Waals surface area (Å²) < 4.78 is 25.8. The molecule has 6 nitrogen and oxygen atoms in total. The first-order chi connectivity index (χ1) is 8.42. The first kappa shape index (κ1) is 13.2. The quantitative estimate of drug-likeness (QED) is 0.892. The number of thiazole rings is 1. The van der Waals surface area contributed by atoms with E-state index in [4.69, 9.17) is 5.11 Å². The Kier molecular flexibility index (Phi) is 3.51. The van der Waals surface area contributed by atoms with Crippen LogP contribution in [0.4, 0.5) is 0 Å². The highest BCUT2D eigenvalue weighted by atomic mass is 32.2. The molecule has 0 atom stereocenters. The minimum Gasteiger partial charge on any atom is -0.390 e. The lowest BCUT2D eigenvalue weighted by Gasteiger charge is -1.97. The molecule has 0 aliphatic carbocycles. The number of aromatic nitrogens is 3. The fourth-order valence-corrected chi connectivity index (χ4v) is 3.82. The zero-order valence-electron chi connectivity index (χ0n) is 9.99. The van der Waals surface area contributed by atoms with Crippen molar-refractivity contribution in [3.8, 4) is 0 Å². The summed E-state index contributed by atoms with van der Waals surface area (Å²) in [5, 5.41) is 14.5. The van der Waals surface area contributed by atoms with Crippen molar-refractivity contribution in [2.75, 3.05) is 0 Å². The lowest BCUT2D eigenvalue weighted by molar-refractivity contribution is 0.277. The lowest BCUT2D eigenvalue weighted by Crippen LogP contribution is -2.06. The Morgan fingerprint density at radius 2 is 2.17 bits per heavy atom. The van der Waals surface area contributed by atoms with E-state index < -0.39 is 9.84 Å². The lowest BCUT2D eigenvalue weighted by atomic mass is 10.4. The van der Waals surface area contributed by atoms with E-state index in [9.17, 15) is 8.42 Å². The van der Waals surface area contributed by atoms with Gasteiger partial charge >= 0.3 is 0 Å². The molecule has 0 bridgehead atoms. The zero-order valence-corrected chi connectivity index (χ0v) is 11.6. The summed E-state index contributed by atoms with van der Waals surface area (Å²) >= 11 is 1.02. The molecule has 8 heteroatoms. The van der Waals surface area contributed by atoms with Gasteiger partial charge in [-0.3, -0.25) is 4.68 Å². The van der Waals surface area contributed by atoms with Crippen LogP contribution in [0.15, 0.2) is 15.8 Å². The number of hydrogen-bond acceptors (Lipinski definition) is 6. The zero-order chi connectivity index (χ0) is 13.3. The molecule has 0 aliphatic heterocycles. The molecule has 0 spiro atoms. The van der Waals surface area contributed by atoms with Crippen molar-refractivity contribution >= 4 is 21.2 Å². The van der Waals surface area contributed by atoms with Crippen molar-refractivity contribution < 1.29 is 13.5 Å². The average molecular weight is 287 g/mol. The predicted octanol–water partition coefficient (Wildman–Crippen LogP) is 0.651. The Morgan fingerprint density at radius 3 is 2.67 bits per heavy atom. The van der Waals surface area contributed by atoms with Crippen LogP contribution in [0.2, 0.25) is 0 Å². The Labute approximate surface area is 109 Å². The first-order valence-electron chi connectivity index (χ1n) is 5.20. The van der Waals surface area contributed by atoms with Gasteiger partial charge in [0.1, 0.15) is 5.75 Å². The molecule has 0 saturated carbocycles. The summed E-state index contributed by atoms with van der Waals surface area (Å²) in [5.74, 6) is -0.174. The molecular formula is C10H13N3O3S2. The fraction of sp³-hybridized carbons (Fsp3) is 0.400. The van der Waals surface area contributed by atoms with E-state index in [2.05, 4.69) is 10.1 Å². The van der Waals surface area contributed by atoms with E-state index in [-0.39, 0.29) is 16.7 Å². The van der Waals surface area contributed by atoms with E-state index in [1.165, 1.54) is 5.38 Å². The Bertz CT molecular complexity index is 638. The molecule has 0 amide bonds. The Hall–Kier alpha value is -1.25. The van der Waals surface area contributed by atoms with E-state index in [0.717, 1.165) is 17.0 Å². The summed E-state index contributed by atoms with van der Waals surface area (Å²) in [4.78, 5) is 3.87. The van der Waals surface area contributed by atoms with Gasteiger partial charge in [-0.15, -0.1) is 11.3 Å². The minimum absolute atomic E-state index is 0.0230. The maximum atomic E-state index is 12.1. The molecule has 2 aromatic heterocycles. The molecule has 2 rings (SSSR count). The van der Waals surface area contributed by atoms with Crippen LogP contribution >= 0.6 is 11.3 Å². The highest BCUT2D eigenvalue weighted by Gasteiger charge is 2.21. The van der Waals surface area contributed by atoms with Crippen molar-refractivity contribution in [1.82, 2.24) is 14.8 Å². The summed E-state index contributed by atoms with van der Waals surface area (Å²) in [5.41, 5.74) is 1.77. The van der Waals surface area contributed by atoms with Crippen LogP contribution in [-0.2, 0) is 29.2 Å². The molecule has 98 valence electrons. The molecular weight excluding hydrogens is 274 g/mol. The second-order valence-electron chi connectivity index (χ2n) is 3.92. The van der Waals surface area contributed by atoms with Crippen molar-refractivity contribution in [3.05, 3.63) is 28.5 Å². The van der Waals surface area contributed by atoms with Gasteiger partial charge in [-0.1, -0.05) is 0 Å². The molecule has 18 heavy (non-hydrogen) atoms. The highest BCUT2D eigenvalue weighted by molar-refractivity contribution is 7.92. The second kappa shape index (κ2) is 4.79. The number of nitrogens with zero attached hydrogens (tertiary/aromatic N) is 3. The minimum atomic E-state index is -3.49. The summed E-state index contributed by atoms with van der Waals surface area (Å²) in [6.07, 6.45) is 0. The number of rotatable bonds is 4. The monoisotopic (exact) mass is 287 g/mol. The van der Waals surface area contributed by atoms with Crippen molar-refractivity contribution in [1.29, 1.82) is 0 Å². The van der Waals surface area contributed by atoms with Gasteiger partial charge in [0, 0.05) is 18.1 Å². The van der Waals surface area contributed by atoms with Crippen LogP contribution in [0.5, 0.6) is 0 Å².